The molecule has 1 saturated carbocycles. The second-order valence-corrected chi connectivity index (χ2v) is 4.83. The summed E-state index contributed by atoms with van der Waals surface area (Å²) in [4.78, 5) is 0. The number of ether oxygens (including phenoxy) is 1. The van der Waals surface area contributed by atoms with Gasteiger partial charge in [-0.05, 0) is 31.9 Å². The molecular formula is C14H21NO2. The molecule has 0 spiro atoms. The molecule has 0 bridgehead atoms. The SMILES string of the molecule is CNC1(CCO)CC(OCc2ccccc2)C1. The first-order valence-electron chi connectivity index (χ1n) is 6.23. The molecule has 0 unspecified atom stereocenters. The summed E-state index contributed by atoms with van der Waals surface area (Å²) >= 11 is 0. The van der Waals surface area contributed by atoms with Crippen LogP contribution in [0.15, 0.2) is 30.3 Å². The van der Waals surface area contributed by atoms with Gasteiger partial charge in [0, 0.05) is 12.1 Å². The van der Waals surface area contributed by atoms with E-state index in [1.165, 1.54) is 5.56 Å². The van der Waals surface area contributed by atoms with Crippen molar-refractivity contribution in [3.05, 3.63) is 35.9 Å². The Balaban J connectivity index is 1.74. The summed E-state index contributed by atoms with van der Waals surface area (Å²) in [6, 6.07) is 10.2. The molecule has 0 aromatic heterocycles. The minimum Gasteiger partial charge on any atom is -0.396 e. The first-order chi connectivity index (χ1) is 8.28. The van der Waals surface area contributed by atoms with Crippen LogP contribution in [0.25, 0.3) is 0 Å². The summed E-state index contributed by atoms with van der Waals surface area (Å²) in [5.74, 6) is 0. The molecule has 1 aliphatic rings. The van der Waals surface area contributed by atoms with Gasteiger partial charge in [-0.25, -0.2) is 0 Å². The molecule has 0 aliphatic heterocycles. The number of hydrogen-bond donors (Lipinski definition) is 2. The zero-order chi connectivity index (χ0) is 12.1. The number of benzene rings is 1. The second-order valence-electron chi connectivity index (χ2n) is 4.83. The summed E-state index contributed by atoms with van der Waals surface area (Å²) in [5, 5.41) is 12.3. The molecule has 0 heterocycles. The van der Waals surface area contributed by atoms with Gasteiger partial charge >= 0.3 is 0 Å². The van der Waals surface area contributed by atoms with E-state index in [0.29, 0.717) is 12.7 Å². The molecule has 0 radical (unpaired) electrons. The van der Waals surface area contributed by atoms with Crippen LogP contribution in [0.4, 0.5) is 0 Å². The van der Waals surface area contributed by atoms with Gasteiger partial charge in [-0.3, -0.25) is 0 Å². The van der Waals surface area contributed by atoms with E-state index >= 15 is 0 Å². The largest absolute Gasteiger partial charge is 0.396 e. The summed E-state index contributed by atoms with van der Waals surface area (Å²) in [6.07, 6.45) is 3.14. The van der Waals surface area contributed by atoms with Crippen molar-refractivity contribution in [3.63, 3.8) is 0 Å². The maximum Gasteiger partial charge on any atom is 0.0720 e. The van der Waals surface area contributed by atoms with E-state index in [1.54, 1.807) is 0 Å². The molecule has 2 rings (SSSR count). The number of rotatable bonds is 6. The van der Waals surface area contributed by atoms with Crippen molar-refractivity contribution >= 4 is 0 Å². The van der Waals surface area contributed by atoms with E-state index in [1.807, 2.05) is 25.2 Å². The third-order valence-electron chi connectivity index (χ3n) is 3.69. The zero-order valence-corrected chi connectivity index (χ0v) is 10.4. The Kier molecular flexibility index (Phi) is 4.15. The van der Waals surface area contributed by atoms with Gasteiger partial charge in [-0.1, -0.05) is 30.3 Å². The van der Waals surface area contributed by atoms with Gasteiger partial charge in [0.05, 0.1) is 12.7 Å². The highest BCUT2D eigenvalue weighted by atomic mass is 16.5. The fourth-order valence-electron chi connectivity index (χ4n) is 2.47. The molecular weight excluding hydrogens is 214 g/mol. The van der Waals surface area contributed by atoms with Crippen LogP contribution in [0.2, 0.25) is 0 Å². The standard InChI is InChI=1S/C14H21NO2/c1-15-14(7-8-16)9-13(10-14)17-11-12-5-3-2-4-6-12/h2-6,13,15-16H,7-11H2,1H3. The number of hydrogen-bond acceptors (Lipinski definition) is 3. The smallest absolute Gasteiger partial charge is 0.0720 e. The van der Waals surface area contributed by atoms with Crippen LogP contribution in [0.5, 0.6) is 0 Å². The molecule has 2 N–H and O–H groups in total. The number of nitrogens with one attached hydrogen (secondary N) is 1. The monoisotopic (exact) mass is 235 g/mol. The Labute approximate surface area is 103 Å². The quantitative estimate of drug-likeness (QED) is 0.788. The average Bonchev–Trinajstić information content (AvgIpc) is 2.33. The first kappa shape index (κ1) is 12.6. The topological polar surface area (TPSA) is 41.5 Å². The number of aliphatic hydroxyl groups is 1. The highest BCUT2D eigenvalue weighted by Gasteiger charge is 2.43. The normalized spacial score (nSPS) is 27.8. The van der Waals surface area contributed by atoms with Gasteiger partial charge in [0.15, 0.2) is 0 Å². The molecule has 94 valence electrons. The van der Waals surface area contributed by atoms with E-state index in [9.17, 15) is 0 Å². The Morgan fingerprint density at radius 2 is 2.06 bits per heavy atom. The van der Waals surface area contributed by atoms with Crippen LogP contribution in [0.1, 0.15) is 24.8 Å². The first-order valence-corrected chi connectivity index (χ1v) is 6.23. The van der Waals surface area contributed by atoms with Gasteiger partial charge < -0.3 is 15.2 Å². The van der Waals surface area contributed by atoms with E-state index in [0.717, 1.165) is 19.3 Å². The third kappa shape index (κ3) is 3.06. The van der Waals surface area contributed by atoms with Crippen LogP contribution >= 0.6 is 0 Å². The molecule has 0 atom stereocenters. The minimum atomic E-state index is 0.107. The van der Waals surface area contributed by atoms with E-state index in [-0.39, 0.29) is 12.1 Å². The lowest BCUT2D eigenvalue weighted by atomic mass is 9.72. The fourth-order valence-corrected chi connectivity index (χ4v) is 2.47. The van der Waals surface area contributed by atoms with Crippen LogP contribution in [-0.2, 0) is 11.3 Å². The molecule has 1 fully saturated rings. The third-order valence-corrected chi connectivity index (χ3v) is 3.69. The molecule has 3 nitrogen and oxygen atoms in total. The van der Waals surface area contributed by atoms with E-state index in [2.05, 4.69) is 17.4 Å². The van der Waals surface area contributed by atoms with E-state index < -0.39 is 0 Å². The Bertz CT molecular complexity index is 333. The van der Waals surface area contributed by atoms with E-state index in [4.69, 9.17) is 9.84 Å². The lowest BCUT2D eigenvalue weighted by Crippen LogP contribution is -2.57. The lowest BCUT2D eigenvalue weighted by Gasteiger charge is -2.47. The summed E-state index contributed by atoms with van der Waals surface area (Å²) < 4.78 is 5.85. The Morgan fingerprint density at radius 3 is 2.65 bits per heavy atom. The highest BCUT2D eigenvalue weighted by molar-refractivity contribution is 5.13. The fraction of sp³-hybridized carbons (Fsp3) is 0.571. The maximum atomic E-state index is 9.01. The van der Waals surface area contributed by atoms with Gasteiger partial charge in [0.25, 0.3) is 0 Å². The second kappa shape index (κ2) is 5.63. The Morgan fingerprint density at radius 1 is 1.35 bits per heavy atom. The predicted octanol–water partition coefficient (Wildman–Crippen LogP) is 1.71. The molecule has 0 saturated heterocycles. The summed E-state index contributed by atoms with van der Waals surface area (Å²) in [7, 11) is 1.96. The Hall–Kier alpha value is -0.900. The van der Waals surface area contributed by atoms with Crippen molar-refractivity contribution in [2.45, 2.75) is 37.5 Å². The lowest BCUT2D eigenvalue weighted by molar-refractivity contribution is -0.0680. The van der Waals surface area contributed by atoms with Gasteiger partial charge in [0.1, 0.15) is 0 Å². The maximum absolute atomic E-state index is 9.01. The molecule has 1 aliphatic carbocycles. The van der Waals surface area contributed by atoms with Crippen LogP contribution in [-0.4, -0.2) is 30.4 Å². The summed E-state index contributed by atoms with van der Waals surface area (Å²) in [5.41, 5.74) is 1.33. The highest BCUT2D eigenvalue weighted by Crippen LogP contribution is 2.37. The van der Waals surface area contributed by atoms with Crippen molar-refractivity contribution in [2.75, 3.05) is 13.7 Å². The predicted molar refractivity (Wildman–Crippen MR) is 67.7 cm³/mol. The zero-order valence-electron chi connectivity index (χ0n) is 10.4. The minimum absolute atomic E-state index is 0.107. The summed E-state index contributed by atoms with van der Waals surface area (Å²) in [6.45, 7) is 0.927. The van der Waals surface area contributed by atoms with Crippen LogP contribution in [0.3, 0.4) is 0 Å². The molecule has 0 amide bonds. The van der Waals surface area contributed by atoms with Crippen molar-refractivity contribution in [1.82, 2.24) is 5.32 Å². The molecule has 17 heavy (non-hydrogen) atoms. The number of aliphatic hydroxyl groups excluding tert-OH is 1. The van der Waals surface area contributed by atoms with Crippen molar-refractivity contribution in [2.24, 2.45) is 0 Å². The molecule has 3 heteroatoms. The molecule has 1 aromatic rings. The van der Waals surface area contributed by atoms with Gasteiger partial charge in [-0.15, -0.1) is 0 Å². The van der Waals surface area contributed by atoms with Crippen LogP contribution in [0, 0.1) is 0 Å². The van der Waals surface area contributed by atoms with Gasteiger partial charge in [0.2, 0.25) is 0 Å². The van der Waals surface area contributed by atoms with Crippen molar-refractivity contribution < 1.29 is 9.84 Å². The average molecular weight is 235 g/mol. The van der Waals surface area contributed by atoms with Crippen LogP contribution < -0.4 is 5.32 Å². The van der Waals surface area contributed by atoms with Crippen molar-refractivity contribution in [1.29, 1.82) is 0 Å². The van der Waals surface area contributed by atoms with Crippen molar-refractivity contribution in [3.8, 4) is 0 Å². The van der Waals surface area contributed by atoms with Gasteiger partial charge in [-0.2, -0.15) is 0 Å². The molecule has 1 aromatic carbocycles.